The number of hydrogen-bond donors (Lipinski definition) is 0. The van der Waals surface area contributed by atoms with E-state index in [0.717, 1.165) is 0 Å². The zero-order valence-corrected chi connectivity index (χ0v) is 14.0. The molecule has 1 aromatic heterocycles. The average Bonchev–Trinajstić information content (AvgIpc) is 2.72. The normalized spacial score (nSPS) is 13.8. The molecule has 1 saturated heterocycles. The highest BCUT2D eigenvalue weighted by Crippen LogP contribution is 2.12. The summed E-state index contributed by atoms with van der Waals surface area (Å²) in [6.45, 7) is 1.70. The number of nitrogens with zero attached hydrogens (tertiary/aromatic N) is 5. The van der Waals surface area contributed by atoms with Gasteiger partial charge in [0.25, 0.3) is 11.8 Å². The van der Waals surface area contributed by atoms with Crippen molar-refractivity contribution in [2.75, 3.05) is 32.8 Å². The molecule has 1 aromatic carbocycles. The zero-order valence-electron chi connectivity index (χ0n) is 14.0. The number of piperazine rings is 1. The monoisotopic (exact) mass is 351 g/mol. The first-order valence-corrected chi connectivity index (χ1v) is 8.13. The molecule has 132 valence electrons. The van der Waals surface area contributed by atoms with Crippen LogP contribution in [0.3, 0.4) is 0 Å². The minimum atomic E-state index is -0.181. The number of aromatic nitrogens is 2. The molecule has 0 bridgehead atoms. The number of carbonyl (C=O) groups excluding carboxylic acids is 2. The largest absolute Gasteiger partial charge is 0.484 e. The molecule has 0 spiro atoms. The first-order chi connectivity index (χ1) is 12.7. The van der Waals surface area contributed by atoms with Crippen molar-refractivity contribution in [3.05, 3.63) is 54.1 Å². The van der Waals surface area contributed by atoms with Crippen LogP contribution in [0, 0.1) is 11.3 Å². The molecule has 1 aliphatic rings. The summed E-state index contributed by atoms with van der Waals surface area (Å²) in [7, 11) is 0. The molecule has 1 fully saturated rings. The Hall–Kier alpha value is -3.47. The second-order valence-corrected chi connectivity index (χ2v) is 5.69. The van der Waals surface area contributed by atoms with Crippen LogP contribution in [0.15, 0.2) is 42.9 Å². The fourth-order valence-electron chi connectivity index (χ4n) is 2.59. The Balaban J connectivity index is 1.47. The van der Waals surface area contributed by atoms with Crippen LogP contribution in [0.4, 0.5) is 0 Å². The highest BCUT2D eigenvalue weighted by atomic mass is 16.5. The molecular formula is C18H17N5O3. The van der Waals surface area contributed by atoms with Gasteiger partial charge in [-0.25, -0.2) is 4.98 Å². The number of nitriles is 1. The molecule has 0 unspecified atom stereocenters. The van der Waals surface area contributed by atoms with Crippen molar-refractivity contribution in [2.45, 2.75) is 0 Å². The molecule has 2 aromatic rings. The van der Waals surface area contributed by atoms with E-state index in [9.17, 15) is 9.59 Å². The van der Waals surface area contributed by atoms with Crippen LogP contribution in [0.5, 0.6) is 5.75 Å². The Morgan fingerprint density at radius 2 is 1.77 bits per heavy atom. The van der Waals surface area contributed by atoms with E-state index in [4.69, 9.17) is 10.00 Å². The van der Waals surface area contributed by atoms with E-state index in [1.165, 1.54) is 18.6 Å². The highest BCUT2D eigenvalue weighted by Gasteiger charge is 2.25. The number of benzene rings is 1. The van der Waals surface area contributed by atoms with E-state index in [0.29, 0.717) is 43.2 Å². The van der Waals surface area contributed by atoms with E-state index in [1.807, 2.05) is 6.07 Å². The molecule has 0 saturated carbocycles. The van der Waals surface area contributed by atoms with E-state index < -0.39 is 0 Å². The Morgan fingerprint density at radius 1 is 1.08 bits per heavy atom. The first-order valence-electron chi connectivity index (χ1n) is 8.13. The average molecular weight is 351 g/mol. The third-order valence-electron chi connectivity index (χ3n) is 4.05. The lowest BCUT2D eigenvalue weighted by atomic mass is 10.2. The van der Waals surface area contributed by atoms with Gasteiger partial charge in [-0.1, -0.05) is 0 Å². The maximum Gasteiger partial charge on any atom is 0.274 e. The van der Waals surface area contributed by atoms with Gasteiger partial charge >= 0.3 is 0 Å². The minimum Gasteiger partial charge on any atom is -0.484 e. The second-order valence-electron chi connectivity index (χ2n) is 5.69. The van der Waals surface area contributed by atoms with Crippen LogP contribution < -0.4 is 4.74 Å². The molecular weight excluding hydrogens is 334 g/mol. The zero-order chi connectivity index (χ0) is 18.4. The van der Waals surface area contributed by atoms with E-state index in [-0.39, 0.29) is 18.4 Å². The van der Waals surface area contributed by atoms with E-state index in [2.05, 4.69) is 9.97 Å². The van der Waals surface area contributed by atoms with Gasteiger partial charge in [-0.15, -0.1) is 0 Å². The molecule has 0 aliphatic carbocycles. The summed E-state index contributed by atoms with van der Waals surface area (Å²) >= 11 is 0. The van der Waals surface area contributed by atoms with Crippen molar-refractivity contribution in [1.82, 2.24) is 19.8 Å². The first kappa shape index (κ1) is 17.4. The predicted octanol–water partition coefficient (Wildman–Crippen LogP) is 0.712. The van der Waals surface area contributed by atoms with Crippen LogP contribution in [0.2, 0.25) is 0 Å². The van der Waals surface area contributed by atoms with Gasteiger partial charge in [-0.3, -0.25) is 14.6 Å². The quantitative estimate of drug-likeness (QED) is 0.804. The van der Waals surface area contributed by atoms with Gasteiger partial charge in [0.2, 0.25) is 0 Å². The summed E-state index contributed by atoms with van der Waals surface area (Å²) in [5, 5.41) is 8.76. The van der Waals surface area contributed by atoms with Crippen LogP contribution in [-0.4, -0.2) is 64.4 Å². The molecule has 2 heterocycles. The summed E-state index contributed by atoms with van der Waals surface area (Å²) < 4.78 is 5.46. The number of ether oxygens (including phenoxy) is 1. The third kappa shape index (κ3) is 4.13. The molecule has 0 atom stereocenters. The smallest absolute Gasteiger partial charge is 0.274 e. The number of carbonyl (C=O) groups is 2. The molecule has 3 rings (SSSR count). The van der Waals surface area contributed by atoms with Gasteiger partial charge in [0.1, 0.15) is 11.4 Å². The van der Waals surface area contributed by atoms with Gasteiger partial charge in [0.15, 0.2) is 6.61 Å². The summed E-state index contributed by atoms with van der Waals surface area (Å²) in [4.78, 5) is 35.8. The van der Waals surface area contributed by atoms with Gasteiger partial charge < -0.3 is 14.5 Å². The molecule has 0 N–H and O–H groups in total. The van der Waals surface area contributed by atoms with Crippen molar-refractivity contribution >= 4 is 11.8 Å². The van der Waals surface area contributed by atoms with E-state index in [1.54, 1.807) is 34.1 Å². The lowest BCUT2D eigenvalue weighted by molar-refractivity contribution is -0.134. The van der Waals surface area contributed by atoms with Crippen molar-refractivity contribution in [3.8, 4) is 11.8 Å². The lowest BCUT2D eigenvalue weighted by Crippen LogP contribution is -2.51. The van der Waals surface area contributed by atoms with Gasteiger partial charge in [0.05, 0.1) is 17.8 Å². The molecule has 0 radical (unpaired) electrons. The number of hydrogen-bond acceptors (Lipinski definition) is 6. The Kier molecular flexibility index (Phi) is 5.39. The molecule has 8 heteroatoms. The van der Waals surface area contributed by atoms with Crippen LogP contribution in [0.25, 0.3) is 0 Å². The topological polar surface area (TPSA) is 99.4 Å². The van der Waals surface area contributed by atoms with Gasteiger partial charge in [-0.2, -0.15) is 5.26 Å². The molecule has 2 amide bonds. The summed E-state index contributed by atoms with van der Waals surface area (Å²) in [6, 6.07) is 8.61. The van der Waals surface area contributed by atoms with Gasteiger partial charge in [0, 0.05) is 38.6 Å². The summed E-state index contributed by atoms with van der Waals surface area (Å²) in [6.07, 6.45) is 4.43. The second kappa shape index (κ2) is 8.07. The lowest BCUT2D eigenvalue weighted by Gasteiger charge is -2.34. The van der Waals surface area contributed by atoms with Crippen LogP contribution in [0.1, 0.15) is 16.1 Å². The maximum atomic E-state index is 12.3. The SMILES string of the molecule is N#Cc1ccc(OCC(=O)N2CCN(C(=O)c3cnccn3)CC2)cc1. The number of amides is 2. The summed E-state index contributed by atoms with van der Waals surface area (Å²) in [5.41, 5.74) is 0.837. The maximum absolute atomic E-state index is 12.3. The predicted molar refractivity (Wildman–Crippen MR) is 91.2 cm³/mol. The van der Waals surface area contributed by atoms with Gasteiger partial charge in [-0.05, 0) is 24.3 Å². The number of rotatable bonds is 4. The minimum absolute atomic E-state index is 0.0794. The van der Waals surface area contributed by atoms with Crippen molar-refractivity contribution < 1.29 is 14.3 Å². The van der Waals surface area contributed by atoms with Crippen molar-refractivity contribution in [1.29, 1.82) is 5.26 Å². The summed E-state index contributed by atoms with van der Waals surface area (Å²) in [5.74, 6) is 0.216. The standard InChI is InChI=1S/C18H17N5O3/c19-11-14-1-3-15(4-2-14)26-13-17(24)22-7-9-23(10-8-22)18(25)16-12-20-5-6-21-16/h1-6,12H,7-10,13H2. The molecule has 8 nitrogen and oxygen atoms in total. The van der Waals surface area contributed by atoms with Crippen molar-refractivity contribution in [3.63, 3.8) is 0 Å². The molecule has 1 aliphatic heterocycles. The third-order valence-corrected chi connectivity index (χ3v) is 4.05. The Labute approximate surface area is 150 Å². The van der Waals surface area contributed by atoms with Crippen LogP contribution >= 0.6 is 0 Å². The fourth-order valence-corrected chi connectivity index (χ4v) is 2.59. The molecule has 26 heavy (non-hydrogen) atoms. The highest BCUT2D eigenvalue weighted by molar-refractivity contribution is 5.92. The Bertz CT molecular complexity index is 809. The fraction of sp³-hybridized carbons (Fsp3) is 0.278. The Morgan fingerprint density at radius 3 is 2.38 bits per heavy atom. The van der Waals surface area contributed by atoms with Crippen LogP contribution in [-0.2, 0) is 4.79 Å². The van der Waals surface area contributed by atoms with E-state index >= 15 is 0 Å². The van der Waals surface area contributed by atoms with Crippen molar-refractivity contribution in [2.24, 2.45) is 0 Å².